The zero-order valence-electron chi connectivity index (χ0n) is 14.1. The molecule has 2 rings (SSSR count). The van der Waals surface area contributed by atoms with Crippen LogP contribution < -0.4 is 0 Å². The molecule has 1 aromatic carbocycles. The van der Waals surface area contributed by atoms with Gasteiger partial charge in [-0.1, -0.05) is 64.5 Å². The Labute approximate surface area is 141 Å². The second-order valence-electron chi connectivity index (χ2n) is 6.86. The summed E-state index contributed by atoms with van der Waals surface area (Å²) in [7, 11) is 0. The minimum Gasteiger partial charge on any atom is -0.195 e. The molecule has 120 valence electrons. The van der Waals surface area contributed by atoms with Gasteiger partial charge in [-0.15, -0.1) is 0 Å². The summed E-state index contributed by atoms with van der Waals surface area (Å²) >= 11 is 4.65. The topological polar surface area (TPSA) is 12.4 Å². The van der Waals surface area contributed by atoms with E-state index in [1.165, 1.54) is 56.9 Å². The molecule has 0 aliphatic heterocycles. The molecule has 1 fully saturated rings. The number of isothiocyanates is 1. The van der Waals surface area contributed by atoms with E-state index in [1.54, 1.807) is 0 Å². The summed E-state index contributed by atoms with van der Waals surface area (Å²) in [5.74, 6) is 2.50. The molecule has 1 aromatic rings. The highest BCUT2D eigenvalue weighted by atomic mass is 32.1. The second-order valence-corrected chi connectivity index (χ2v) is 7.04. The van der Waals surface area contributed by atoms with Crippen molar-refractivity contribution in [3.63, 3.8) is 0 Å². The van der Waals surface area contributed by atoms with E-state index < -0.39 is 0 Å². The summed E-state index contributed by atoms with van der Waals surface area (Å²) in [6.45, 7) is 4.68. The monoisotopic (exact) mass is 315 g/mol. The van der Waals surface area contributed by atoms with Crippen molar-refractivity contribution in [2.75, 3.05) is 0 Å². The maximum atomic E-state index is 4.65. The maximum absolute atomic E-state index is 4.65. The van der Waals surface area contributed by atoms with Crippen LogP contribution in [-0.4, -0.2) is 5.16 Å². The van der Waals surface area contributed by atoms with Crippen LogP contribution in [0.15, 0.2) is 29.3 Å². The molecule has 1 aliphatic carbocycles. The number of unbranched alkanes of at least 4 members (excludes halogenated alkanes) is 2. The van der Waals surface area contributed by atoms with Crippen molar-refractivity contribution in [1.29, 1.82) is 0 Å². The van der Waals surface area contributed by atoms with Crippen molar-refractivity contribution >= 4 is 23.1 Å². The second kappa shape index (κ2) is 9.22. The van der Waals surface area contributed by atoms with Crippen LogP contribution >= 0.6 is 12.2 Å². The van der Waals surface area contributed by atoms with Gasteiger partial charge in [0.25, 0.3) is 0 Å². The van der Waals surface area contributed by atoms with Gasteiger partial charge in [0.15, 0.2) is 0 Å². The molecule has 2 heteroatoms. The first-order chi connectivity index (χ1) is 10.7. The first kappa shape index (κ1) is 17.4. The van der Waals surface area contributed by atoms with Crippen molar-refractivity contribution in [1.82, 2.24) is 0 Å². The Balaban J connectivity index is 1.83. The molecule has 0 N–H and O–H groups in total. The molecule has 0 aromatic heterocycles. The van der Waals surface area contributed by atoms with Crippen LogP contribution in [0.5, 0.6) is 0 Å². The molecule has 1 saturated carbocycles. The fourth-order valence-electron chi connectivity index (χ4n) is 3.84. The Hall–Kier alpha value is -0.980. The fourth-order valence-corrected chi connectivity index (χ4v) is 3.94. The van der Waals surface area contributed by atoms with Crippen molar-refractivity contribution in [2.45, 2.75) is 71.1 Å². The summed E-state index contributed by atoms with van der Waals surface area (Å²) in [6, 6.07) is 8.54. The van der Waals surface area contributed by atoms with Gasteiger partial charge in [0.1, 0.15) is 0 Å². The average molecular weight is 316 g/mol. The van der Waals surface area contributed by atoms with E-state index in [4.69, 9.17) is 0 Å². The van der Waals surface area contributed by atoms with Gasteiger partial charge in [-0.25, -0.2) is 0 Å². The number of aliphatic imine (C=N–C) groups is 1. The van der Waals surface area contributed by atoms with Crippen LogP contribution in [0.25, 0.3) is 0 Å². The van der Waals surface area contributed by atoms with Crippen molar-refractivity contribution < 1.29 is 0 Å². The van der Waals surface area contributed by atoms with E-state index in [2.05, 4.69) is 60.5 Å². The van der Waals surface area contributed by atoms with Gasteiger partial charge in [-0.3, -0.25) is 0 Å². The van der Waals surface area contributed by atoms with E-state index in [9.17, 15) is 0 Å². The number of nitrogens with zero attached hydrogens (tertiary/aromatic N) is 1. The van der Waals surface area contributed by atoms with Gasteiger partial charge in [0.2, 0.25) is 0 Å². The Morgan fingerprint density at radius 3 is 2.41 bits per heavy atom. The Morgan fingerprint density at radius 2 is 1.82 bits per heavy atom. The summed E-state index contributed by atoms with van der Waals surface area (Å²) < 4.78 is 0. The van der Waals surface area contributed by atoms with Crippen molar-refractivity contribution in [2.24, 2.45) is 16.8 Å². The Kier molecular flexibility index (Phi) is 7.29. The van der Waals surface area contributed by atoms with E-state index in [0.29, 0.717) is 5.92 Å². The van der Waals surface area contributed by atoms with Crippen LogP contribution in [0.2, 0.25) is 0 Å². The molecule has 1 nitrogen and oxygen atoms in total. The van der Waals surface area contributed by atoms with E-state index >= 15 is 0 Å². The minimum atomic E-state index is 0.655. The van der Waals surface area contributed by atoms with Crippen LogP contribution in [-0.2, 0) is 0 Å². The first-order valence-electron chi connectivity index (χ1n) is 8.92. The lowest BCUT2D eigenvalue weighted by atomic mass is 9.73. The normalized spacial score (nSPS) is 22.8. The molecular weight excluding hydrogens is 286 g/mol. The van der Waals surface area contributed by atoms with E-state index in [0.717, 1.165) is 17.5 Å². The van der Waals surface area contributed by atoms with Crippen molar-refractivity contribution in [3.05, 3.63) is 29.8 Å². The highest BCUT2D eigenvalue weighted by Gasteiger charge is 2.25. The molecule has 0 amide bonds. The van der Waals surface area contributed by atoms with Gasteiger partial charge in [0.05, 0.1) is 10.8 Å². The summed E-state index contributed by atoms with van der Waals surface area (Å²) in [5.41, 5.74) is 2.35. The smallest absolute Gasteiger partial charge is 0.0739 e. The van der Waals surface area contributed by atoms with Gasteiger partial charge in [0, 0.05) is 0 Å². The molecular formula is C20H29NS. The van der Waals surface area contributed by atoms with Gasteiger partial charge in [-0.2, -0.15) is 4.99 Å². The average Bonchev–Trinajstić information content (AvgIpc) is 2.56. The van der Waals surface area contributed by atoms with E-state index in [1.807, 2.05) is 0 Å². The zero-order chi connectivity index (χ0) is 15.8. The molecule has 1 unspecified atom stereocenters. The highest BCUT2D eigenvalue weighted by molar-refractivity contribution is 7.78. The third-order valence-electron chi connectivity index (χ3n) is 5.41. The first-order valence-corrected chi connectivity index (χ1v) is 9.33. The SMILES string of the molecule is CCCCCC1CCC(C(C)c2ccc(N=C=S)cc2)CC1. The van der Waals surface area contributed by atoms with Crippen LogP contribution in [0, 0.1) is 11.8 Å². The van der Waals surface area contributed by atoms with Gasteiger partial charge >= 0.3 is 0 Å². The minimum absolute atomic E-state index is 0.655. The zero-order valence-corrected chi connectivity index (χ0v) is 14.9. The largest absolute Gasteiger partial charge is 0.195 e. The summed E-state index contributed by atoms with van der Waals surface area (Å²) in [6.07, 6.45) is 11.3. The quantitative estimate of drug-likeness (QED) is 0.302. The van der Waals surface area contributed by atoms with Crippen LogP contribution in [0.4, 0.5) is 5.69 Å². The lowest BCUT2D eigenvalue weighted by molar-refractivity contribution is 0.236. The Morgan fingerprint density at radius 1 is 1.14 bits per heavy atom. The predicted molar refractivity (Wildman–Crippen MR) is 99.1 cm³/mol. The van der Waals surface area contributed by atoms with Crippen LogP contribution in [0.3, 0.4) is 0 Å². The molecule has 0 heterocycles. The lowest BCUT2D eigenvalue weighted by Crippen LogP contribution is -2.19. The molecule has 0 radical (unpaired) electrons. The third kappa shape index (κ3) is 5.04. The number of hydrogen-bond acceptors (Lipinski definition) is 2. The summed E-state index contributed by atoms with van der Waals surface area (Å²) in [5, 5.41) is 2.43. The maximum Gasteiger partial charge on any atom is 0.0739 e. The predicted octanol–water partition coefficient (Wildman–Crippen LogP) is 6.91. The lowest BCUT2D eigenvalue weighted by Gasteiger charge is -2.32. The molecule has 22 heavy (non-hydrogen) atoms. The van der Waals surface area contributed by atoms with Gasteiger partial charge < -0.3 is 0 Å². The number of benzene rings is 1. The highest BCUT2D eigenvalue weighted by Crippen LogP contribution is 2.39. The molecule has 0 bridgehead atoms. The van der Waals surface area contributed by atoms with E-state index in [-0.39, 0.29) is 0 Å². The fraction of sp³-hybridized carbons (Fsp3) is 0.650. The molecule has 0 spiro atoms. The number of hydrogen-bond donors (Lipinski definition) is 0. The Bertz CT molecular complexity index is 479. The molecule has 1 atom stereocenters. The van der Waals surface area contributed by atoms with Gasteiger partial charge in [-0.05, 0) is 60.5 Å². The van der Waals surface area contributed by atoms with Crippen LogP contribution in [0.1, 0.15) is 76.7 Å². The third-order valence-corrected chi connectivity index (χ3v) is 5.50. The standard InChI is InChI=1S/C20H29NS/c1-3-4-5-6-17-7-9-18(10-8-17)16(2)19-11-13-20(14-12-19)21-15-22/h11-14,16-18H,3-10H2,1-2H3. The number of thiocarbonyl (C=S) groups is 1. The molecule has 1 aliphatic rings. The van der Waals surface area contributed by atoms with Crippen molar-refractivity contribution in [3.8, 4) is 0 Å². The summed E-state index contributed by atoms with van der Waals surface area (Å²) in [4.78, 5) is 4.03. The number of rotatable bonds is 7. The molecule has 0 saturated heterocycles.